The van der Waals surface area contributed by atoms with Crippen LogP contribution in [0.1, 0.15) is 75.2 Å². The van der Waals surface area contributed by atoms with Crippen molar-refractivity contribution < 1.29 is 23.8 Å². The van der Waals surface area contributed by atoms with Crippen molar-refractivity contribution >= 4 is 46.9 Å². The Morgan fingerprint density at radius 2 is 1.48 bits per heavy atom. The van der Waals surface area contributed by atoms with Gasteiger partial charge in [0.05, 0.1) is 54.9 Å². The molecule has 0 spiro atoms. The lowest BCUT2D eigenvalue weighted by molar-refractivity contribution is 0.0703. The summed E-state index contributed by atoms with van der Waals surface area (Å²) in [5, 5.41) is 3.42. The molecule has 0 bridgehead atoms. The molecule has 0 saturated carbocycles. The molecule has 54 heavy (non-hydrogen) atoms. The van der Waals surface area contributed by atoms with Crippen molar-refractivity contribution in [3.8, 4) is 17.2 Å². The van der Waals surface area contributed by atoms with Crippen molar-refractivity contribution in [1.29, 1.82) is 0 Å². The number of ether oxygens (including phenoxy) is 3. The normalized spacial score (nSPS) is 18.2. The lowest BCUT2D eigenvalue weighted by atomic mass is 9.92. The number of amides is 2. The molecule has 276 valence electrons. The van der Waals surface area contributed by atoms with Gasteiger partial charge in [0.1, 0.15) is 5.75 Å². The van der Waals surface area contributed by atoms with Gasteiger partial charge in [0.25, 0.3) is 11.8 Å². The Labute approximate surface area is 316 Å². The molecule has 4 aromatic rings. The molecule has 2 amide bonds. The minimum atomic E-state index is -0.177. The lowest BCUT2D eigenvalue weighted by Crippen LogP contribution is -2.44. The second-order valence-corrected chi connectivity index (χ2v) is 14.8. The van der Waals surface area contributed by atoms with Crippen molar-refractivity contribution in [1.82, 2.24) is 9.80 Å². The molecule has 0 aliphatic carbocycles. The van der Waals surface area contributed by atoms with E-state index in [1.54, 1.807) is 24.1 Å². The van der Waals surface area contributed by atoms with E-state index >= 15 is 0 Å². The van der Waals surface area contributed by atoms with E-state index in [9.17, 15) is 9.59 Å². The molecule has 4 aromatic carbocycles. The zero-order valence-corrected chi connectivity index (χ0v) is 31.4. The number of benzene rings is 4. The Bertz CT molecular complexity index is 2220. The quantitative estimate of drug-likeness (QED) is 0.165. The molecule has 10 nitrogen and oxygen atoms in total. The number of rotatable bonds is 10. The van der Waals surface area contributed by atoms with Gasteiger partial charge >= 0.3 is 0 Å². The van der Waals surface area contributed by atoms with Gasteiger partial charge in [0.2, 0.25) is 0 Å². The van der Waals surface area contributed by atoms with Crippen LogP contribution in [0.3, 0.4) is 0 Å². The van der Waals surface area contributed by atoms with Crippen molar-refractivity contribution in [2.24, 2.45) is 9.98 Å². The molecule has 0 unspecified atom stereocenters. The first kappa shape index (κ1) is 35.1. The Hall–Kier alpha value is -5.90. The summed E-state index contributed by atoms with van der Waals surface area (Å²) in [6.07, 6.45) is 7.71. The third kappa shape index (κ3) is 6.84. The maximum absolute atomic E-state index is 13.8. The zero-order chi connectivity index (χ0) is 37.5. The third-order valence-electron chi connectivity index (χ3n) is 10.4. The Balaban J connectivity index is 0.898. The highest BCUT2D eigenvalue weighted by atomic mass is 16.5. The van der Waals surface area contributed by atoms with Gasteiger partial charge in [-0.15, -0.1) is 0 Å². The monoisotopic (exact) mass is 723 g/mol. The first-order valence-corrected chi connectivity index (χ1v) is 18.7. The van der Waals surface area contributed by atoms with Crippen LogP contribution in [0, 0.1) is 13.8 Å². The molecule has 0 saturated heterocycles. The van der Waals surface area contributed by atoms with Crippen LogP contribution in [-0.2, 0) is 13.0 Å². The van der Waals surface area contributed by atoms with E-state index in [0.29, 0.717) is 78.4 Å². The number of carbonyl (C=O) groups is 2. The van der Waals surface area contributed by atoms with E-state index < -0.39 is 0 Å². The molecule has 4 aliphatic rings. The van der Waals surface area contributed by atoms with Crippen LogP contribution in [0.5, 0.6) is 17.2 Å². The standard InChI is InChI=1S/C44H45N5O5/c1-26(2)47-33-11-9-29(10-12-33)32-18-35-23-46-39-21-42(41(52-5)19-37(39)44(51)49(35)25-32)54-14-6-13-53-40-20-38-36(16-28(40)4)43(50)48-24-31-15-27(3)7-8-30(31)17-34(48)22-45-38/h7-12,15-16,19-23,25-26,34-35,47H,6,13-14,17-18,24H2,1-5H3/t34-,35-/m0/s1. The number of hydrogen-bond acceptors (Lipinski definition) is 8. The van der Waals surface area contributed by atoms with Crippen LogP contribution < -0.4 is 19.5 Å². The van der Waals surface area contributed by atoms with Gasteiger partial charge < -0.3 is 29.3 Å². The van der Waals surface area contributed by atoms with Crippen LogP contribution in [-0.4, -0.2) is 72.5 Å². The predicted molar refractivity (Wildman–Crippen MR) is 212 cm³/mol. The van der Waals surface area contributed by atoms with Gasteiger partial charge in [-0.2, -0.15) is 0 Å². The smallest absolute Gasteiger partial charge is 0.260 e. The molecule has 2 atom stereocenters. The van der Waals surface area contributed by atoms with Gasteiger partial charge in [-0.25, -0.2) is 0 Å². The number of carbonyl (C=O) groups excluding carboxylic acids is 2. The summed E-state index contributed by atoms with van der Waals surface area (Å²) in [5.41, 5.74) is 10.0. The van der Waals surface area contributed by atoms with E-state index in [4.69, 9.17) is 24.2 Å². The van der Waals surface area contributed by atoms with Crippen molar-refractivity contribution in [2.75, 3.05) is 25.6 Å². The zero-order valence-electron chi connectivity index (χ0n) is 31.4. The second-order valence-electron chi connectivity index (χ2n) is 14.8. The van der Waals surface area contributed by atoms with Gasteiger partial charge in [-0.05, 0) is 86.2 Å². The number of hydrogen-bond donors (Lipinski definition) is 1. The highest BCUT2D eigenvalue weighted by molar-refractivity contribution is 6.06. The summed E-state index contributed by atoms with van der Waals surface area (Å²) >= 11 is 0. The number of aliphatic imine (C=N–C) groups is 2. The molecular formula is C44H45N5O5. The molecule has 10 heteroatoms. The Morgan fingerprint density at radius 1 is 0.778 bits per heavy atom. The van der Waals surface area contributed by atoms with E-state index in [2.05, 4.69) is 68.6 Å². The summed E-state index contributed by atoms with van der Waals surface area (Å²) in [6, 6.07) is 22.1. The SMILES string of the molecule is COc1cc2c(cc1OCCCOc1cc3c(cc1C)C(=O)N1Cc4cc(C)ccc4C[C@H]1C=N3)N=C[C@@H]1CC(c3ccc(NC(C)C)cc3)=CN1C2=O. The predicted octanol–water partition coefficient (Wildman–Crippen LogP) is 8.23. The summed E-state index contributed by atoms with van der Waals surface area (Å²) < 4.78 is 18.0. The molecule has 0 aromatic heterocycles. The average Bonchev–Trinajstić information content (AvgIpc) is 3.49. The van der Waals surface area contributed by atoms with Crippen LogP contribution in [0.2, 0.25) is 0 Å². The first-order valence-electron chi connectivity index (χ1n) is 18.7. The molecule has 4 aliphatic heterocycles. The Morgan fingerprint density at radius 3 is 2.22 bits per heavy atom. The second kappa shape index (κ2) is 14.5. The highest BCUT2D eigenvalue weighted by Crippen LogP contribution is 2.40. The highest BCUT2D eigenvalue weighted by Gasteiger charge is 2.35. The number of methoxy groups -OCH3 is 1. The molecule has 8 rings (SSSR count). The van der Waals surface area contributed by atoms with Crippen molar-refractivity contribution in [2.45, 2.75) is 71.6 Å². The lowest BCUT2D eigenvalue weighted by Gasteiger charge is -2.34. The molecule has 0 radical (unpaired) electrons. The fraction of sp³-hybridized carbons (Fsp3) is 0.318. The Kier molecular flexibility index (Phi) is 9.43. The molecular weight excluding hydrogens is 679 g/mol. The number of fused-ring (bicyclic) bond motifs is 5. The number of anilines is 1. The molecule has 4 heterocycles. The number of aryl methyl sites for hydroxylation is 2. The van der Waals surface area contributed by atoms with Gasteiger partial charge in [0.15, 0.2) is 11.5 Å². The van der Waals surface area contributed by atoms with E-state index in [1.165, 1.54) is 16.7 Å². The summed E-state index contributed by atoms with van der Waals surface area (Å²) in [4.78, 5) is 40.7. The van der Waals surface area contributed by atoms with Gasteiger partial charge in [-0.1, -0.05) is 35.9 Å². The van der Waals surface area contributed by atoms with Gasteiger partial charge in [0, 0.05) is 61.9 Å². The third-order valence-corrected chi connectivity index (χ3v) is 10.4. The fourth-order valence-electron chi connectivity index (χ4n) is 7.63. The molecule has 1 N–H and O–H groups in total. The maximum atomic E-state index is 13.8. The van der Waals surface area contributed by atoms with Crippen LogP contribution in [0.15, 0.2) is 82.9 Å². The fourth-order valence-corrected chi connectivity index (χ4v) is 7.63. The van der Waals surface area contributed by atoms with Crippen LogP contribution >= 0.6 is 0 Å². The number of nitrogens with one attached hydrogen (secondary N) is 1. The van der Waals surface area contributed by atoms with E-state index in [-0.39, 0.29) is 23.9 Å². The van der Waals surface area contributed by atoms with Crippen molar-refractivity contribution in [3.63, 3.8) is 0 Å². The summed E-state index contributed by atoms with van der Waals surface area (Å²) in [5.74, 6) is 1.53. The van der Waals surface area contributed by atoms with E-state index in [1.807, 2.05) is 42.6 Å². The van der Waals surface area contributed by atoms with E-state index in [0.717, 1.165) is 28.8 Å². The van der Waals surface area contributed by atoms with Crippen molar-refractivity contribution in [3.05, 3.63) is 112 Å². The average molecular weight is 724 g/mol. The minimum Gasteiger partial charge on any atom is -0.493 e. The van der Waals surface area contributed by atoms with Gasteiger partial charge in [-0.3, -0.25) is 19.6 Å². The first-order chi connectivity index (χ1) is 26.1. The minimum absolute atomic E-state index is 0.00856. The van der Waals surface area contributed by atoms with Crippen LogP contribution in [0.4, 0.5) is 17.1 Å². The largest absolute Gasteiger partial charge is 0.493 e. The summed E-state index contributed by atoms with van der Waals surface area (Å²) in [7, 11) is 1.57. The maximum Gasteiger partial charge on any atom is 0.260 e. The van der Waals surface area contributed by atoms with Crippen LogP contribution in [0.25, 0.3) is 5.57 Å². The molecule has 0 fully saturated rings. The summed E-state index contributed by atoms with van der Waals surface area (Å²) in [6.45, 7) is 9.58. The number of nitrogens with zero attached hydrogens (tertiary/aromatic N) is 4. The topological polar surface area (TPSA) is 105 Å².